The van der Waals surface area contributed by atoms with Crippen molar-refractivity contribution < 1.29 is 9.84 Å². The molecule has 3 heterocycles. The van der Waals surface area contributed by atoms with Crippen LogP contribution in [0.2, 0.25) is 0 Å². The van der Waals surface area contributed by atoms with E-state index in [-0.39, 0.29) is 5.92 Å². The van der Waals surface area contributed by atoms with Crippen molar-refractivity contribution in [2.45, 2.75) is 38.8 Å². The van der Waals surface area contributed by atoms with E-state index in [4.69, 9.17) is 4.74 Å². The smallest absolute Gasteiger partial charge is 0.216 e. The number of likely N-dealkylation sites (tertiary alicyclic amines) is 1. The third kappa shape index (κ3) is 3.57. The van der Waals surface area contributed by atoms with Crippen LogP contribution in [0.3, 0.4) is 0 Å². The number of hydrogen-bond acceptors (Lipinski definition) is 5. The van der Waals surface area contributed by atoms with E-state index in [9.17, 15) is 5.11 Å². The largest absolute Gasteiger partial charge is 0.481 e. The van der Waals surface area contributed by atoms with Crippen LogP contribution in [-0.4, -0.2) is 49.5 Å². The Morgan fingerprint density at radius 2 is 2.20 bits per heavy atom. The Balaban J connectivity index is 1.73. The Morgan fingerprint density at radius 3 is 2.84 bits per heavy atom. The van der Waals surface area contributed by atoms with Crippen molar-refractivity contribution >= 4 is 0 Å². The van der Waals surface area contributed by atoms with E-state index in [1.807, 2.05) is 29.5 Å². The van der Waals surface area contributed by atoms with Gasteiger partial charge in [0.2, 0.25) is 5.88 Å². The SMILES string of the molecule is CCc1nn(C)c(OC)c1CN1CCCC(C(O)c2nccn2C)C1. The minimum absolute atomic E-state index is 0.197. The highest BCUT2D eigenvalue weighted by atomic mass is 16.5. The third-order valence-electron chi connectivity index (χ3n) is 5.19. The van der Waals surface area contributed by atoms with E-state index in [2.05, 4.69) is 21.9 Å². The Bertz CT molecular complexity index is 708. The van der Waals surface area contributed by atoms with E-state index >= 15 is 0 Å². The summed E-state index contributed by atoms with van der Waals surface area (Å²) in [6.45, 7) is 4.82. The topological polar surface area (TPSA) is 68.3 Å². The number of methoxy groups -OCH3 is 1. The van der Waals surface area contributed by atoms with Gasteiger partial charge in [-0.3, -0.25) is 4.90 Å². The maximum absolute atomic E-state index is 10.8. The lowest BCUT2D eigenvalue weighted by Gasteiger charge is -2.35. The van der Waals surface area contributed by atoms with Gasteiger partial charge in [-0.1, -0.05) is 6.92 Å². The first-order valence-electron chi connectivity index (χ1n) is 9.01. The van der Waals surface area contributed by atoms with Crippen molar-refractivity contribution in [2.24, 2.45) is 20.0 Å². The number of hydrogen-bond donors (Lipinski definition) is 1. The number of aliphatic hydroxyl groups excluding tert-OH is 1. The monoisotopic (exact) mass is 347 g/mol. The molecule has 2 aromatic heterocycles. The van der Waals surface area contributed by atoms with Crippen LogP contribution in [0.25, 0.3) is 0 Å². The normalized spacial score (nSPS) is 20.0. The van der Waals surface area contributed by atoms with Gasteiger partial charge in [0.15, 0.2) is 0 Å². The van der Waals surface area contributed by atoms with Gasteiger partial charge in [0.25, 0.3) is 0 Å². The summed E-state index contributed by atoms with van der Waals surface area (Å²) in [4.78, 5) is 6.72. The fraction of sp³-hybridized carbons (Fsp3) is 0.667. The van der Waals surface area contributed by atoms with Crippen molar-refractivity contribution in [1.29, 1.82) is 0 Å². The van der Waals surface area contributed by atoms with Gasteiger partial charge in [0.1, 0.15) is 11.9 Å². The second kappa shape index (κ2) is 7.58. The quantitative estimate of drug-likeness (QED) is 0.861. The lowest BCUT2D eigenvalue weighted by atomic mass is 9.91. The minimum Gasteiger partial charge on any atom is -0.481 e. The van der Waals surface area contributed by atoms with E-state index in [0.717, 1.165) is 56.3 Å². The number of aromatic nitrogens is 4. The molecule has 0 bridgehead atoms. The first-order valence-corrected chi connectivity index (χ1v) is 9.01. The van der Waals surface area contributed by atoms with E-state index in [0.29, 0.717) is 0 Å². The van der Waals surface area contributed by atoms with Crippen molar-refractivity contribution in [2.75, 3.05) is 20.2 Å². The number of aryl methyl sites for hydroxylation is 3. The summed E-state index contributed by atoms with van der Waals surface area (Å²) < 4.78 is 9.28. The molecular formula is C18H29N5O2. The van der Waals surface area contributed by atoms with Gasteiger partial charge >= 0.3 is 0 Å². The molecule has 1 aliphatic heterocycles. The zero-order chi connectivity index (χ0) is 18.0. The summed E-state index contributed by atoms with van der Waals surface area (Å²) in [5.74, 6) is 1.78. The summed E-state index contributed by atoms with van der Waals surface area (Å²) in [5, 5.41) is 15.3. The number of aliphatic hydroxyl groups is 1. The molecule has 2 unspecified atom stereocenters. The zero-order valence-electron chi connectivity index (χ0n) is 15.6. The summed E-state index contributed by atoms with van der Waals surface area (Å²) in [7, 11) is 5.55. The van der Waals surface area contributed by atoms with E-state index in [1.165, 1.54) is 5.56 Å². The number of ether oxygens (including phenoxy) is 1. The number of piperidine rings is 1. The molecule has 1 fully saturated rings. The highest BCUT2D eigenvalue weighted by molar-refractivity contribution is 5.31. The fourth-order valence-corrected chi connectivity index (χ4v) is 3.89. The second-order valence-electron chi connectivity index (χ2n) is 6.89. The second-order valence-corrected chi connectivity index (χ2v) is 6.89. The molecule has 2 atom stereocenters. The van der Waals surface area contributed by atoms with Crippen LogP contribution in [0.1, 0.15) is 43.0 Å². The van der Waals surface area contributed by atoms with Crippen LogP contribution in [0.4, 0.5) is 0 Å². The van der Waals surface area contributed by atoms with Gasteiger partial charge in [-0.2, -0.15) is 5.10 Å². The van der Waals surface area contributed by atoms with Crippen LogP contribution in [0.5, 0.6) is 5.88 Å². The van der Waals surface area contributed by atoms with Crippen LogP contribution < -0.4 is 4.74 Å². The molecule has 138 valence electrons. The van der Waals surface area contributed by atoms with Crippen molar-refractivity contribution in [3.63, 3.8) is 0 Å². The molecule has 0 spiro atoms. The molecule has 25 heavy (non-hydrogen) atoms. The van der Waals surface area contributed by atoms with E-state index < -0.39 is 6.10 Å². The molecule has 0 amide bonds. The summed E-state index contributed by atoms with van der Waals surface area (Å²) in [5.41, 5.74) is 2.26. The summed E-state index contributed by atoms with van der Waals surface area (Å²) in [6.07, 6.45) is 6.09. The van der Waals surface area contributed by atoms with Gasteiger partial charge in [-0.25, -0.2) is 9.67 Å². The minimum atomic E-state index is -0.524. The molecule has 0 aromatic carbocycles. The van der Waals surface area contributed by atoms with Gasteiger partial charge in [0.05, 0.1) is 18.4 Å². The Labute approximate surface area is 149 Å². The lowest BCUT2D eigenvalue weighted by molar-refractivity contribution is 0.0402. The molecular weight excluding hydrogens is 318 g/mol. The number of imidazole rings is 1. The summed E-state index contributed by atoms with van der Waals surface area (Å²) >= 11 is 0. The van der Waals surface area contributed by atoms with Crippen LogP contribution >= 0.6 is 0 Å². The molecule has 1 N–H and O–H groups in total. The third-order valence-corrected chi connectivity index (χ3v) is 5.19. The molecule has 0 aliphatic carbocycles. The molecule has 0 radical (unpaired) electrons. The average molecular weight is 347 g/mol. The molecule has 7 nitrogen and oxygen atoms in total. The Kier molecular flexibility index (Phi) is 5.44. The molecule has 0 saturated carbocycles. The Hall–Kier alpha value is -1.86. The van der Waals surface area contributed by atoms with Gasteiger partial charge in [0, 0.05) is 45.5 Å². The Morgan fingerprint density at radius 1 is 1.40 bits per heavy atom. The average Bonchev–Trinajstić information content (AvgIpc) is 3.17. The molecule has 7 heteroatoms. The number of rotatable bonds is 6. The van der Waals surface area contributed by atoms with Crippen molar-refractivity contribution in [1.82, 2.24) is 24.2 Å². The molecule has 1 aliphatic rings. The standard InChI is InChI=1S/C18H29N5O2/c1-5-15-14(18(25-4)22(3)20-15)12-23-9-6-7-13(11-23)16(24)17-19-8-10-21(17)2/h8,10,13,16,24H,5-7,9,11-12H2,1-4H3. The molecule has 2 aromatic rings. The van der Waals surface area contributed by atoms with Crippen LogP contribution in [0, 0.1) is 5.92 Å². The van der Waals surface area contributed by atoms with Gasteiger partial charge < -0.3 is 14.4 Å². The van der Waals surface area contributed by atoms with E-state index in [1.54, 1.807) is 13.3 Å². The first kappa shape index (κ1) is 17.9. The van der Waals surface area contributed by atoms with Crippen LogP contribution in [0.15, 0.2) is 12.4 Å². The maximum atomic E-state index is 10.8. The highest BCUT2D eigenvalue weighted by Crippen LogP contribution is 2.31. The van der Waals surface area contributed by atoms with Gasteiger partial charge in [-0.15, -0.1) is 0 Å². The molecule has 1 saturated heterocycles. The first-order chi connectivity index (χ1) is 12.0. The molecule has 3 rings (SSSR count). The highest BCUT2D eigenvalue weighted by Gasteiger charge is 2.30. The number of nitrogens with zero attached hydrogens (tertiary/aromatic N) is 5. The lowest BCUT2D eigenvalue weighted by Crippen LogP contribution is -2.38. The zero-order valence-corrected chi connectivity index (χ0v) is 15.6. The van der Waals surface area contributed by atoms with Crippen molar-refractivity contribution in [3.05, 3.63) is 29.5 Å². The predicted molar refractivity (Wildman–Crippen MR) is 95.3 cm³/mol. The van der Waals surface area contributed by atoms with Crippen LogP contribution in [-0.2, 0) is 27.1 Å². The fourth-order valence-electron chi connectivity index (χ4n) is 3.89. The summed E-state index contributed by atoms with van der Waals surface area (Å²) in [6, 6.07) is 0. The van der Waals surface area contributed by atoms with Gasteiger partial charge in [-0.05, 0) is 25.8 Å². The predicted octanol–water partition coefficient (Wildman–Crippen LogP) is 1.67. The maximum Gasteiger partial charge on any atom is 0.216 e. The van der Waals surface area contributed by atoms with Crippen molar-refractivity contribution in [3.8, 4) is 5.88 Å².